The maximum Gasteiger partial charge on any atom is 0.416 e. The summed E-state index contributed by atoms with van der Waals surface area (Å²) < 4.78 is 43.0. The average Bonchev–Trinajstić information content (AvgIpc) is 2.60. The highest BCUT2D eigenvalue weighted by Crippen LogP contribution is 2.31. The molecule has 5 nitrogen and oxygen atoms in total. The first-order valence-corrected chi connectivity index (χ1v) is 7.77. The van der Waals surface area contributed by atoms with Crippen LogP contribution in [-0.4, -0.2) is 35.4 Å². The Balaban J connectivity index is 1.75. The van der Waals surface area contributed by atoms with Gasteiger partial charge in [0, 0.05) is 13.1 Å². The highest BCUT2D eigenvalue weighted by atomic mass is 19.4. The van der Waals surface area contributed by atoms with E-state index in [4.69, 9.17) is 9.84 Å². The number of aromatic carboxylic acids is 1. The molecule has 1 atom stereocenters. The van der Waals surface area contributed by atoms with E-state index in [1.165, 1.54) is 24.3 Å². The van der Waals surface area contributed by atoms with Gasteiger partial charge in [-0.1, -0.05) is 18.2 Å². The minimum atomic E-state index is -4.45. The van der Waals surface area contributed by atoms with Crippen LogP contribution in [0.15, 0.2) is 48.5 Å². The van der Waals surface area contributed by atoms with Gasteiger partial charge < -0.3 is 20.3 Å². The Hall–Kier alpha value is -2.58. The number of carbonyl (C=O) groups is 1. The van der Waals surface area contributed by atoms with Crippen molar-refractivity contribution in [2.75, 3.05) is 13.2 Å². The summed E-state index contributed by atoms with van der Waals surface area (Å²) in [5, 5.41) is 21.6. The van der Waals surface area contributed by atoms with Gasteiger partial charge in [0.25, 0.3) is 0 Å². The van der Waals surface area contributed by atoms with Crippen LogP contribution in [-0.2, 0) is 12.7 Å². The van der Waals surface area contributed by atoms with Crippen LogP contribution in [0.4, 0.5) is 13.2 Å². The Bertz CT molecular complexity index is 732. The highest BCUT2D eigenvalue weighted by Gasteiger charge is 2.30. The van der Waals surface area contributed by atoms with Crippen molar-refractivity contribution in [3.8, 4) is 5.75 Å². The molecule has 2 aromatic rings. The number of carboxylic acid groups (broad SMARTS) is 1. The van der Waals surface area contributed by atoms with Crippen LogP contribution in [0.2, 0.25) is 0 Å². The van der Waals surface area contributed by atoms with E-state index >= 15 is 0 Å². The molecule has 0 aliphatic rings. The lowest BCUT2D eigenvalue weighted by Gasteiger charge is -2.14. The average molecular weight is 369 g/mol. The summed E-state index contributed by atoms with van der Waals surface area (Å²) >= 11 is 0. The van der Waals surface area contributed by atoms with E-state index in [0.717, 1.165) is 17.7 Å². The third kappa shape index (κ3) is 6.05. The van der Waals surface area contributed by atoms with Crippen molar-refractivity contribution >= 4 is 5.97 Å². The molecule has 0 bridgehead atoms. The summed E-state index contributed by atoms with van der Waals surface area (Å²) in [6.07, 6.45) is -5.36. The molecule has 0 heterocycles. The number of benzene rings is 2. The van der Waals surface area contributed by atoms with Crippen molar-refractivity contribution in [2.45, 2.75) is 18.8 Å². The molecule has 0 spiro atoms. The minimum absolute atomic E-state index is 0.0307. The molecular formula is C18H18F3NO4. The lowest BCUT2D eigenvalue weighted by atomic mass is 10.1. The van der Waals surface area contributed by atoms with Crippen molar-refractivity contribution in [2.24, 2.45) is 0 Å². The van der Waals surface area contributed by atoms with Crippen molar-refractivity contribution in [3.63, 3.8) is 0 Å². The lowest BCUT2D eigenvalue weighted by molar-refractivity contribution is -0.137. The van der Waals surface area contributed by atoms with Gasteiger partial charge in [-0.25, -0.2) is 4.79 Å². The molecule has 0 radical (unpaired) electrons. The smallest absolute Gasteiger partial charge is 0.416 e. The Morgan fingerprint density at radius 1 is 1.15 bits per heavy atom. The van der Waals surface area contributed by atoms with Gasteiger partial charge in [0.15, 0.2) is 0 Å². The molecule has 0 amide bonds. The molecular weight excluding hydrogens is 351 g/mol. The number of hydrogen-bond donors (Lipinski definition) is 3. The van der Waals surface area contributed by atoms with Crippen LogP contribution in [0.5, 0.6) is 5.75 Å². The standard InChI is InChI=1S/C18H18F3NO4/c19-18(20,21)14-2-1-3-16(8-14)26-11-15(23)10-22-9-12-4-6-13(7-5-12)17(24)25/h1-8,15,22-23H,9-11H2,(H,24,25). The van der Waals surface area contributed by atoms with E-state index < -0.39 is 23.8 Å². The summed E-state index contributed by atoms with van der Waals surface area (Å²) in [6, 6.07) is 10.7. The molecule has 2 aromatic carbocycles. The Kier molecular flexibility index (Phi) is 6.59. The zero-order valence-corrected chi connectivity index (χ0v) is 13.7. The lowest BCUT2D eigenvalue weighted by Crippen LogP contribution is -2.31. The molecule has 140 valence electrons. The van der Waals surface area contributed by atoms with Crippen LogP contribution >= 0.6 is 0 Å². The quantitative estimate of drug-likeness (QED) is 0.667. The fraction of sp³-hybridized carbons (Fsp3) is 0.278. The third-order valence-corrected chi connectivity index (χ3v) is 3.51. The second kappa shape index (κ2) is 8.68. The molecule has 8 heteroatoms. The summed E-state index contributed by atoms with van der Waals surface area (Å²) in [6.45, 7) is 0.409. The third-order valence-electron chi connectivity index (χ3n) is 3.51. The SMILES string of the molecule is O=C(O)c1ccc(CNCC(O)COc2cccc(C(F)(F)F)c2)cc1. The maximum atomic E-state index is 12.6. The van der Waals surface area contributed by atoms with E-state index in [-0.39, 0.29) is 24.5 Å². The van der Waals surface area contributed by atoms with Gasteiger partial charge >= 0.3 is 12.1 Å². The molecule has 2 rings (SSSR count). The van der Waals surface area contributed by atoms with Crippen LogP contribution < -0.4 is 10.1 Å². The van der Waals surface area contributed by atoms with E-state index in [2.05, 4.69) is 5.32 Å². The van der Waals surface area contributed by atoms with Crippen molar-refractivity contribution < 1.29 is 32.9 Å². The predicted octanol–water partition coefficient (Wildman–Crippen LogP) is 2.93. The first-order valence-electron chi connectivity index (χ1n) is 7.77. The molecule has 0 aliphatic heterocycles. The van der Waals surface area contributed by atoms with Gasteiger partial charge in [0.05, 0.1) is 11.1 Å². The summed E-state index contributed by atoms with van der Waals surface area (Å²) in [5.74, 6) is -0.977. The minimum Gasteiger partial charge on any atom is -0.491 e. The van der Waals surface area contributed by atoms with Crippen molar-refractivity contribution in [1.29, 1.82) is 0 Å². The zero-order valence-electron chi connectivity index (χ0n) is 13.7. The van der Waals surface area contributed by atoms with Crippen LogP contribution in [0.3, 0.4) is 0 Å². The number of aliphatic hydroxyl groups excluding tert-OH is 1. The van der Waals surface area contributed by atoms with Gasteiger partial charge in [0.2, 0.25) is 0 Å². The Labute approximate surface area is 148 Å². The Morgan fingerprint density at radius 2 is 1.85 bits per heavy atom. The van der Waals surface area contributed by atoms with Gasteiger partial charge in [-0.3, -0.25) is 0 Å². The van der Waals surface area contributed by atoms with E-state index in [1.54, 1.807) is 12.1 Å². The number of alkyl halides is 3. The Morgan fingerprint density at radius 3 is 2.46 bits per heavy atom. The molecule has 3 N–H and O–H groups in total. The van der Waals surface area contributed by atoms with E-state index in [1.807, 2.05) is 0 Å². The normalized spacial score (nSPS) is 12.6. The predicted molar refractivity (Wildman–Crippen MR) is 88.1 cm³/mol. The summed E-state index contributed by atoms with van der Waals surface area (Å²) in [7, 11) is 0. The number of halogens is 3. The van der Waals surface area contributed by atoms with Gasteiger partial charge in [0.1, 0.15) is 18.5 Å². The molecule has 0 saturated heterocycles. The fourth-order valence-electron chi connectivity index (χ4n) is 2.16. The van der Waals surface area contributed by atoms with Gasteiger partial charge in [-0.15, -0.1) is 0 Å². The topological polar surface area (TPSA) is 78.8 Å². The van der Waals surface area contributed by atoms with Gasteiger partial charge in [-0.2, -0.15) is 13.2 Å². The number of carboxylic acids is 1. The monoisotopic (exact) mass is 369 g/mol. The molecule has 26 heavy (non-hydrogen) atoms. The number of nitrogens with one attached hydrogen (secondary N) is 1. The number of aliphatic hydroxyl groups is 1. The van der Waals surface area contributed by atoms with E-state index in [9.17, 15) is 23.1 Å². The van der Waals surface area contributed by atoms with Crippen molar-refractivity contribution in [3.05, 3.63) is 65.2 Å². The van der Waals surface area contributed by atoms with Crippen molar-refractivity contribution in [1.82, 2.24) is 5.32 Å². The second-order valence-electron chi connectivity index (χ2n) is 5.62. The molecule has 0 saturated carbocycles. The molecule has 1 unspecified atom stereocenters. The number of ether oxygens (including phenoxy) is 1. The van der Waals surface area contributed by atoms with Crippen LogP contribution in [0.1, 0.15) is 21.5 Å². The van der Waals surface area contributed by atoms with Gasteiger partial charge in [-0.05, 0) is 35.9 Å². The highest BCUT2D eigenvalue weighted by molar-refractivity contribution is 5.87. The maximum absolute atomic E-state index is 12.6. The van der Waals surface area contributed by atoms with Crippen LogP contribution in [0, 0.1) is 0 Å². The molecule has 0 fully saturated rings. The molecule has 0 aliphatic carbocycles. The zero-order chi connectivity index (χ0) is 19.2. The largest absolute Gasteiger partial charge is 0.491 e. The first kappa shape index (κ1) is 19.7. The molecule has 0 aromatic heterocycles. The van der Waals surface area contributed by atoms with E-state index in [0.29, 0.717) is 6.54 Å². The summed E-state index contributed by atoms with van der Waals surface area (Å²) in [5.41, 5.74) is 0.205. The fourth-order valence-corrected chi connectivity index (χ4v) is 2.16. The second-order valence-corrected chi connectivity index (χ2v) is 5.62. The van der Waals surface area contributed by atoms with Crippen LogP contribution in [0.25, 0.3) is 0 Å². The first-order chi connectivity index (χ1) is 12.3. The summed E-state index contributed by atoms with van der Waals surface area (Å²) in [4.78, 5) is 10.8. The number of rotatable bonds is 8. The number of hydrogen-bond acceptors (Lipinski definition) is 4.